The zero-order valence-electron chi connectivity index (χ0n) is 29.8. The summed E-state index contributed by atoms with van der Waals surface area (Å²) in [6.07, 6.45) is -11.8. The van der Waals surface area contributed by atoms with Gasteiger partial charge in [0, 0.05) is 46.1 Å². The van der Waals surface area contributed by atoms with Crippen molar-refractivity contribution in [2.45, 2.75) is 89.6 Å². The molecular formula is C33H39NO18. The van der Waals surface area contributed by atoms with Crippen LogP contribution in [-0.4, -0.2) is 111 Å². The van der Waals surface area contributed by atoms with E-state index < -0.39 is 109 Å². The van der Waals surface area contributed by atoms with Gasteiger partial charge in [-0.05, 0) is 6.07 Å². The van der Waals surface area contributed by atoms with Gasteiger partial charge in [0.25, 0.3) is 5.69 Å². The average Bonchev–Trinajstić information content (AvgIpc) is 3.66. The van der Waals surface area contributed by atoms with E-state index in [0.717, 1.165) is 41.1 Å². The third-order valence-corrected chi connectivity index (χ3v) is 8.45. The van der Waals surface area contributed by atoms with Crippen LogP contribution in [0.25, 0.3) is 0 Å². The first-order chi connectivity index (χ1) is 25.1. The van der Waals surface area contributed by atoms with Gasteiger partial charge in [-0.3, -0.25) is 29.3 Å². The summed E-state index contributed by atoms with van der Waals surface area (Å²) in [4.78, 5) is 72.8. The fourth-order valence-electron chi connectivity index (χ4n) is 6.32. The van der Waals surface area contributed by atoms with Crippen LogP contribution in [0.15, 0.2) is 36.1 Å². The van der Waals surface area contributed by atoms with Crippen molar-refractivity contribution in [1.29, 1.82) is 0 Å². The number of nitrogens with zero attached hydrogens (tertiary/aromatic N) is 1. The molecule has 0 radical (unpaired) electrons. The van der Waals surface area contributed by atoms with Gasteiger partial charge in [-0.1, -0.05) is 12.1 Å². The Balaban J connectivity index is 1.48. The minimum absolute atomic E-state index is 0.0395. The molecule has 2 unspecified atom stereocenters. The number of carbonyl (C=O) groups excluding carboxylic acids is 5. The monoisotopic (exact) mass is 738 g/mol. The molecule has 52 heavy (non-hydrogen) atoms. The highest BCUT2D eigenvalue weighted by molar-refractivity contribution is 5.89. The van der Waals surface area contributed by atoms with Gasteiger partial charge < -0.3 is 52.1 Å². The molecule has 1 aromatic carbocycles. The third-order valence-electron chi connectivity index (χ3n) is 8.45. The number of nitro groups is 1. The van der Waals surface area contributed by atoms with Crippen LogP contribution in [0, 0.1) is 22.0 Å². The predicted octanol–water partition coefficient (Wildman–Crippen LogP) is 1.54. The van der Waals surface area contributed by atoms with Crippen molar-refractivity contribution in [2.75, 3.05) is 26.9 Å². The summed E-state index contributed by atoms with van der Waals surface area (Å²) in [5.41, 5.74) is 0.0672. The number of hydrogen-bond acceptors (Lipinski definition) is 18. The van der Waals surface area contributed by atoms with Crippen LogP contribution in [0.5, 0.6) is 0 Å². The molecule has 0 aliphatic carbocycles. The van der Waals surface area contributed by atoms with Crippen molar-refractivity contribution in [2.24, 2.45) is 11.8 Å². The molecule has 1 aromatic rings. The molecule has 0 bridgehead atoms. The maximum atomic E-state index is 13.1. The molecule has 11 atom stereocenters. The molecule has 4 aliphatic heterocycles. The van der Waals surface area contributed by atoms with Crippen LogP contribution < -0.4 is 0 Å². The lowest BCUT2D eigenvalue weighted by Crippen LogP contribution is -2.63. The van der Waals surface area contributed by atoms with Gasteiger partial charge >= 0.3 is 29.8 Å². The second-order valence-electron chi connectivity index (χ2n) is 12.1. The molecule has 3 saturated heterocycles. The number of carbonyl (C=O) groups is 5. The minimum Gasteiger partial charge on any atom is -0.471 e. The SMILES string of the molecule is [2H][C@]1([C@H]2[C@H](O[C@@H]3O[C@H](COC(C)=O)[C@@H](OC(C)=O)[C@H](OC(C)=O)[C@H]3OC(C)=O)OC=C(C(=O)OC)[C@H]2CC2OCC(c3ccccc3[N+](=O)[O-])O2)CO1. The lowest BCUT2D eigenvalue weighted by Gasteiger charge is -2.46. The summed E-state index contributed by atoms with van der Waals surface area (Å²) in [5, 5.41) is 11.7. The maximum absolute atomic E-state index is 13.1. The number of rotatable bonds is 13. The number of esters is 5. The quantitative estimate of drug-likeness (QED) is 0.0918. The van der Waals surface area contributed by atoms with Crippen molar-refractivity contribution in [1.82, 2.24) is 0 Å². The van der Waals surface area contributed by atoms with Crippen molar-refractivity contribution >= 4 is 35.5 Å². The van der Waals surface area contributed by atoms with Gasteiger partial charge in [-0.2, -0.15) is 0 Å². The van der Waals surface area contributed by atoms with Crippen molar-refractivity contribution in [3.8, 4) is 0 Å². The van der Waals surface area contributed by atoms with Gasteiger partial charge in [-0.25, -0.2) is 4.79 Å². The van der Waals surface area contributed by atoms with Crippen LogP contribution in [0.2, 0.25) is 0 Å². The molecule has 0 saturated carbocycles. The fraction of sp³-hybridized carbons (Fsp3) is 0.606. The van der Waals surface area contributed by atoms with Gasteiger partial charge in [0.05, 0.1) is 56.0 Å². The van der Waals surface area contributed by atoms with Crippen LogP contribution in [0.4, 0.5) is 5.69 Å². The number of methoxy groups -OCH3 is 1. The lowest BCUT2D eigenvalue weighted by molar-refractivity contribution is -0.386. The van der Waals surface area contributed by atoms with E-state index in [1.54, 1.807) is 12.1 Å². The van der Waals surface area contributed by atoms with Gasteiger partial charge in [-0.15, -0.1) is 0 Å². The van der Waals surface area contributed by atoms with Crippen molar-refractivity contribution in [3.63, 3.8) is 0 Å². The van der Waals surface area contributed by atoms with E-state index in [1.807, 2.05) is 0 Å². The Labute approximate surface area is 298 Å². The summed E-state index contributed by atoms with van der Waals surface area (Å²) < 4.78 is 71.3. The molecule has 19 heteroatoms. The Morgan fingerprint density at radius 3 is 2.15 bits per heavy atom. The van der Waals surface area contributed by atoms with E-state index in [-0.39, 0.29) is 36.5 Å². The highest BCUT2D eigenvalue weighted by Gasteiger charge is 2.57. The topological polar surface area (TPSA) is 233 Å². The van der Waals surface area contributed by atoms with Gasteiger partial charge in [0.15, 0.2) is 24.6 Å². The summed E-state index contributed by atoms with van der Waals surface area (Å²) >= 11 is 0. The highest BCUT2D eigenvalue weighted by Crippen LogP contribution is 2.45. The van der Waals surface area contributed by atoms with Gasteiger partial charge in [0.2, 0.25) is 12.6 Å². The Morgan fingerprint density at radius 1 is 0.885 bits per heavy atom. The van der Waals surface area contributed by atoms with Gasteiger partial charge in [0.1, 0.15) is 18.8 Å². The number of ether oxygens (including phenoxy) is 11. The molecule has 0 aromatic heterocycles. The molecule has 19 nitrogen and oxygen atoms in total. The smallest absolute Gasteiger partial charge is 0.337 e. The molecular weight excluding hydrogens is 698 g/mol. The molecule has 0 N–H and O–H groups in total. The molecule has 284 valence electrons. The van der Waals surface area contributed by atoms with E-state index >= 15 is 0 Å². The Kier molecular flexibility index (Phi) is 12.0. The number of nitro benzene ring substituents is 1. The van der Waals surface area contributed by atoms with Crippen molar-refractivity contribution in [3.05, 3.63) is 51.8 Å². The largest absolute Gasteiger partial charge is 0.471 e. The number of para-hydroxylation sites is 1. The van der Waals surface area contributed by atoms with Crippen LogP contribution in [0.1, 0.15) is 47.2 Å². The molecule has 4 aliphatic rings. The lowest BCUT2D eigenvalue weighted by atomic mass is 9.79. The molecule has 0 amide bonds. The maximum Gasteiger partial charge on any atom is 0.337 e. The molecule has 5 rings (SSSR count). The first-order valence-corrected chi connectivity index (χ1v) is 16.2. The normalized spacial score (nSPS) is 34.0. The van der Waals surface area contributed by atoms with Crippen LogP contribution in [-0.2, 0) is 76.1 Å². The predicted molar refractivity (Wildman–Crippen MR) is 166 cm³/mol. The van der Waals surface area contributed by atoms with E-state index in [2.05, 4.69) is 0 Å². The van der Waals surface area contributed by atoms with Crippen LogP contribution in [0.3, 0.4) is 0 Å². The number of benzene rings is 1. The van der Waals surface area contributed by atoms with E-state index in [0.29, 0.717) is 0 Å². The van der Waals surface area contributed by atoms with Crippen molar-refractivity contribution < 1.29 is 82.4 Å². The summed E-state index contributed by atoms with van der Waals surface area (Å²) in [6, 6.07) is 6.02. The van der Waals surface area contributed by atoms with E-state index in [4.69, 9.17) is 53.5 Å². The molecule has 3 fully saturated rings. The highest BCUT2D eigenvalue weighted by atomic mass is 16.8. The number of epoxide rings is 1. The van der Waals surface area contributed by atoms with Crippen LogP contribution >= 0.6 is 0 Å². The minimum atomic E-state index is -1.72. The van der Waals surface area contributed by atoms with E-state index in [9.17, 15) is 34.1 Å². The second-order valence-corrected chi connectivity index (χ2v) is 12.1. The third kappa shape index (κ3) is 9.20. The Hall–Kier alpha value is -4.69. The molecule has 0 spiro atoms. The average molecular weight is 739 g/mol. The zero-order chi connectivity index (χ0) is 38.6. The summed E-state index contributed by atoms with van der Waals surface area (Å²) in [5.74, 6) is -6.27. The zero-order valence-corrected chi connectivity index (χ0v) is 28.8. The standard InChI is InChI=1S/C33H39NO18/c1-15(35)43-14-25-28(47-16(2)36)29(48-17(3)37)30(49-18(4)38)33(51-25)52-32-27(24-13-44-24)20(21(11-46-32)31(39)42-5)10-26-45-12-23(50-26)19-8-6-7-9-22(19)34(40)41/h6-9,11,20,23-30,32-33H,10,12-14H2,1-5H3/t20-,23?,24-,25-,26?,27+,28-,29+,30-,32+,33+/m1/s1/i24D. The summed E-state index contributed by atoms with van der Waals surface area (Å²) in [7, 11) is 1.15. The summed E-state index contributed by atoms with van der Waals surface area (Å²) in [6.45, 7) is 3.61. The number of hydrogen-bond donors (Lipinski definition) is 0. The Morgan fingerprint density at radius 2 is 1.54 bits per heavy atom. The first kappa shape index (κ1) is 37.1. The first-order valence-electron chi connectivity index (χ1n) is 16.7. The second kappa shape index (κ2) is 16.8. The van der Waals surface area contributed by atoms with E-state index in [1.165, 1.54) is 12.1 Å². The Bertz CT molecular complexity index is 1610. The molecule has 4 heterocycles. The fourth-order valence-corrected chi connectivity index (χ4v) is 6.32.